The van der Waals surface area contributed by atoms with Gasteiger partial charge in [-0.05, 0) is 12.5 Å². The first-order valence-corrected chi connectivity index (χ1v) is 5.48. The Morgan fingerprint density at radius 2 is 2.20 bits per heavy atom. The Hall–Kier alpha value is -1.23. The number of nitro groups is 1. The minimum Gasteiger partial charge on any atom is -0.298 e. The predicted molar refractivity (Wildman–Crippen MR) is 60.3 cm³/mol. The lowest BCUT2D eigenvalue weighted by Crippen LogP contribution is -2.06. The van der Waals surface area contributed by atoms with Gasteiger partial charge in [0, 0.05) is 18.1 Å². The molecule has 0 saturated carbocycles. The smallest absolute Gasteiger partial charge is 0.273 e. The number of ketones is 1. The van der Waals surface area contributed by atoms with E-state index in [0.29, 0.717) is 5.56 Å². The number of hydrogen-bond acceptors (Lipinski definition) is 3. The van der Waals surface area contributed by atoms with E-state index >= 15 is 0 Å². The second-order valence-electron chi connectivity index (χ2n) is 3.24. The molecule has 0 spiro atoms. The van der Waals surface area contributed by atoms with Crippen LogP contribution in [0.2, 0.25) is 0 Å². The number of hydrogen-bond donors (Lipinski definition) is 0. The maximum Gasteiger partial charge on any atom is 0.273 e. The summed E-state index contributed by atoms with van der Waals surface area (Å²) in [5.74, 6) is -0.0676. The molecule has 4 nitrogen and oxygen atoms in total. The molecule has 0 radical (unpaired) electrons. The number of nitrogens with zero attached hydrogens (tertiary/aromatic N) is 1. The summed E-state index contributed by atoms with van der Waals surface area (Å²) < 4.78 is 0. The lowest BCUT2D eigenvalue weighted by molar-refractivity contribution is -0.385. The molecule has 0 amide bonds. The summed E-state index contributed by atoms with van der Waals surface area (Å²) in [4.78, 5) is 21.4. The largest absolute Gasteiger partial charge is 0.298 e. The van der Waals surface area contributed by atoms with Gasteiger partial charge in [-0.1, -0.05) is 28.1 Å². The molecule has 1 aromatic carbocycles. The normalized spacial score (nSPS) is 10.0. The molecule has 0 heterocycles. The number of nitro benzene ring substituents is 1. The van der Waals surface area contributed by atoms with E-state index in [0.717, 1.165) is 5.56 Å². The quantitative estimate of drug-likeness (QED) is 0.480. The number of carbonyl (C=O) groups excluding carboxylic acids is 1. The van der Waals surface area contributed by atoms with Gasteiger partial charge in [0.05, 0.1) is 10.3 Å². The van der Waals surface area contributed by atoms with Gasteiger partial charge in [0.25, 0.3) is 5.69 Å². The Labute approximate surface area is 95.6 Å². The Morgan fingerprint density at radius 3 is 2.73 bits per heavy atom. The highest BCUT2D eigenvalue weighted by atomic mass is 79.9. The van der Waals surface area contributed by atoms with Crippen LogP contribution in [0.5, 0.6) is 0 Å². The maximum atomic E-state index is 11.2. The number of alkyl halides is 1. The standard InChI is InChI=1S/C10H10BrNO3/c1-7-2-3-8(5-9(13)6-11)10(4-7)12(14)15/h2-4H,5-6H2,1H3. The van der Waals surface area contributed by atoms with Crippen LogP contribution in [0.3, 0.4) is 0 Å². The topological polar surface area (TPSA) is 60.2 Å². The molecule has 0 aliphatic carbocycles. The van der Waals surface area contributed by atoms with Gasteiger partial charge in [-0.2, -0.15) is 0 Å². The minimum atomic E-state index is -0.455. The summed E-state index contributed by atoms with van der Waals surface area (Å²) in [6.45, 7) is 1.78. The lowest BCUT2D eigenvalue weighted by Gasteiger charge is -2.02. The van der Waals surface area contributed by atoms with Crippen LogP contribution in [-0.2, 0) is 11.2 Å². The van der Waals surface area contributed by atoms with E-state index in [1.54, 1.807) is 19.1 Å². The highest BCUT2D eigenvalue weighted by Crippen LogP contribution is 2.20. The fraction of sp³-hybridized carbons (Fsp3) is 0.300. The van der Waals surface area contributed by atoms with Crippen molar-refractivity contribution in [2.75, 3.05) is 5.33 Å². The fourth-order valence-corrected chi connectivity index (χ4v) is 1.45. The number of carbonyl (C=O) groups is 1. The number of benzene rings is 1. The molecule has 15 heavy (non-hydrogen) atoms. The molecule has 0 aliphatic rings. The van der Waals surface area contributed by atoms with Gasteiger partial charge in [0.2, 0.25) is 0 Å². The Morgan fingerprint density at radius 1 is 1.53 bits per heavy atom. The van der Waals surface area contributed by atoms with E-state index in [2.05, 4.69) is 15.9 Å². The zero-order chi connectivity index (χ0) is 11.4. The first-order valence-electron chi connectivity index (χ1n) is 4.36. The highest BCUT2D eigenvalue weighted by Gasteiger charge is 2.15. The molecule has 0 atom stereocenters. The van der Waals surface area contributed by atoms with Crippen molar-refractivity contribution in [3.8, 4) is 0 Å². The Kier molecular flexibility index (Phi) is 3.96. The molecule has 1 rings (SSSR count). The van der Waals surface area contributed by atoms with Crippen LogP contribution >= 0.6 is 15.9 Å². The maximum absolute atomic E-state index is 11.2. The Bertz CT molecular complexity index is 404. The molecule has 5 heteroatoms. The summed E-state index contributed by atoms with van der Waals surface area (Å²) in [7, 11) is 0. The molecule has 0 saturated heterocycles. The van der Waals surface area contributed by atoms with Crippen LogP contribution in [0, 0.1) is 17.0 Å². The third-order valence-corrected chi connectivity index (χ3v) is 2.60. The second-order valence-corrected chi connectivity index (χ2v) is 3.80. The highest BCUT2D eigenvalue weighted by molar-refractivity contribution is 9.09. The number of halogens is 1. The van der Waals surface area contributed by atoms with Crippen LogP contribution in [0.15, 0.2) is 18.2 Å². The molecule has 0 aliphatic heterocycles. The van der Waals surface area contributed by atoms with Crippen LogP contribution in [-0.4, -0.2) is 16.0 Å². The molecule has 1 aromatic rings. The number of aryl methyl sites for hydroxylation is 1. The molecule has 0 unspecified atom stereocenters. The van der Waals surface area contributed by atoms with Crippen LogP contribution in [0.4, 0.5) is 5.69 Å². The van der Waals surface area contributed by atoms with E-state index < -0.39 is 4.92 Å². The van der Waals surface area contributed by atoms with Crippen molar-refractivity contribution in [3.63, 3.8) is 0 Å². The van der Waals surface area contributed by atoms with Gasteiger partial charge >= 0.3 is 0 Å². The van der Waals surface area contributed by atoms with Crippen LogP contribution < -0.4 is 0 Å². The summed E-state index contributed by atoms with van der Waals surface area (Å²) in [6, 6.07) is 4.88. The first-order chi connectivity index (χ1) is 7.04. The van der Waals surface area contributed by atoms with E-state index in [9.17, 15) is 14.9 Å². The Balaban J connectivity index is 3.06. The van der Waals surface area contributed by atoms with Gasteiger partial charge in [0.15, 0.2) is 0 Å². The van der Waals surface area contributed by atoms with Crippen molar-refractivity contribution in [1.29, 1.82) is 0 Å². The average molecular weight is 272 g/mol. The first kappa shape index (κ1) is 11.8. The SMILES string of the molecule is Cc1ccc(CC(=O)CBr)c([N+](=O)[O-])c1. The van der Waals surface area contributed by atoms with Crippen LogP contribution in [0.1, 0.15) is 11.1 Å². The van der Waals surface area contributed by atoms with Crippen molar-refractivity contribution < 1.29 is 9.72 Å². The zero-order valence-electron chi connectivity index (χ0n) is 8.20. The van der Waals surface area contributed by atoms with Gasteiger partial charge in [-0.15, -0.1) is 0 Å². The lowest BCUT2D eigenvalue weighted by atomic mass is 10.1. The minimum absolute atomic E-state index is 0.0179. The summed E-state index contributed by atoms with van der Waals surface area (Å²) in [6.07, 6.45) is 0.0991. The van der Waals surface area contributed by atoms with Crippen molar-refractivity contribution in [2.24, 2.45) is 0 Å². The monoisotopic (exact) mass is 271 g/mol. The molecule has 0 bridgehead atoms. The number of Topliss-reactive ketones (excluding diaryl/α,β-unsaturated/α-hetero) is 1. The molecular weight excluding hydrogens is 262 g/mol. The number of rotatable bonds is 4. The summed E-state index contributed by atoms with van der Waals surface area (Å²) in [5.41, 5.74) is 1.30. The van der Waals surface area contributed by atoms with E-state index in [1.165, 1.54) is 6.07 Å². The average Bonchev–Trinajstić information content (AvgIpc) is 2.20. The molecular formula is C10H10BrNO3. The zero-order valence-corrected chi connectivity index (χ0v) is 9.78. The van der Waals surface area contributed by atoms with Gasteiger partial charge in [0.1, 0.15) is 5.78 Å². The van der Waals surface area contributed by atoms with Crippen molar-refractivity contribution >= 4 is 27.4 Å². The molecule has 0 aromatic heterocycles. The van der Waals surface area contributed by atoms with Gasteiger partial charge in [-0.25, -0.2) is 0 Å². The van der Waals surface area contributed by atoms with E-state index in [1.807, 2.05) is 0 Å². The van der Waals surface area contributed by atoms with Crippen LogP contribution in [0.25, 0.3) is 0 Å². The predicted octanol–water partition coefficient (Wildman–Crippen LogP) is 2.41. The van der Waals surface area contributed by atoms with Gasteiger partial charge < -0.3 is 0 Å². The van der Waals surface area contributed by atoms with E-state index in [4.69, 9.17) is 0 Å². The van der Waals surface area contributed by atoms with E-state index in [-0.39, 0.29) is 23.2 Å². The second kappa shape index (κ2) is 5.02. The van der Waals surface area contributed by atoms with Gasteiger partial charge in [-0.3, -0.25) is 14.9 Å². The third-order valence-electron chi connectivity index (χ3n) is 1.97. The summed E-state index contributed by atoms with van der Waals surface area (Å²) in [5, 5.41) is 10.9. The van der Waals surface area contributed by atoms with Crippen molar-refractivity contribution in [3.05, 3.63) is 39.4 Å². The third kappa shape index (κ3) is 3.13. The van der Waals surface area contributed by atoms with Crippen molar-refractivity contribution in [2.45, 2.75) is 13.3 Å². The summed E-state index contributed by atoms with van der Waals surface area (Å²) >= 11 is 3.03. The molecule has 0 N–H and O–H groups in total. The molecule has 80 valence electrons. The van der Waals surface area contributed by atoms with Crippen molar-refractivity contribution in [1.82, 2.24) is 0 Å². The molecule has 0 fully saturated rings. The fourth-order valence-electron chi connectivity index (χ4n) is 1.25.